The third-order valence-corrected chi connectivity index (χ3v) is 3.41. The van der Waals surface area contributed by atoms with Crippen molar-refractivity contribution in [1.29, 1.82) is 0 Å². The van der Waals surface area contributed by atoms with Gasteiger partial charge in [0.15, 0.2) is 5.75 Å². The van der Waals surface area contributed by atoms with Gasteiger partial charge in [-0.15, -0.1) is 0 Å². The second kappa shape index (κ2) is 6.48. The second-order valence-corrected chi connectivity index (χ2v) is 5.29. The zero-order chi connectivity index (χ0) is 13.0. The average molecular weight is 276 g/mol. The van der Waals surface area contributed by atoms with Gasteiger partial charge in [-0.3, -0.25) is 0 Å². The first-order valence-electron chi connectivity index (χ1n) is 5.74. The molecule has 1 aromatic rings. The molecule has 0 radical (unpaired) electrons. The zero-order valence-corrected chi connectivity index (χ0v) is 12.0. The van der Waals surface area contributed by atoms with Gasteiger partial charge in [-0.05, 0) is 43.4 Å². The molecular weight excluding hydrogens is 257 g/mol. The molecule has 0 fully saturated rings. The number of halogens is 2. The lowest BCUT2D eigenvalue weighted by Crippen LogP contribution is -2.15. The highest BCUT2D eigenvalue weighted by molar-refractivity contribution is 6.37. The Balaban J connectivity index is 2.84. The molecule has 0 aliphatic rings. The molecule has 96 valence electrons. The summed E-state index contributed by atoms with van der Waals surface area (Å²) in [4.78, 5) is 0. The van der Waals surface area contributed by atoms with E-state index in [1.165, 1.54) is 0 Å². The third kappa shape index (κ3) is 4.06. The predicted octanol–water partition coefficient (Wildman–Crippen LogP) is 4.23. The van der Waals surface area contributed by atoms with Crippen LogP contribution in [0.4, 0.5) is 0 Å². The summed E-state index contributed by atoms with van der Waals surface area (Å²) < 4.78 is 5.12. The Morgan fingerprint density at radius 2 is 1.71 bits per heavy atom. The van der Waals surface area contributed by atoms with E-state index in [1.807, 2.05) is 19.1 Å². The van der Waals surface area contributed by atoms with E-state index in [9.17, 15) is 0 Å². The molecule has 2 nitrogen and oxygen atoms in total. The van der Waals surface area contributed by atoms with Crippen molar-refractivity contribution in [2.75, 3.05) is 7.11 Å². The van der Waals surface area contributed by atoms with Crippen molar-refractivity contribution in [2.45, 2.75) is 38.6 Å². The molecule has 0 spiro atoms. The van der Waals surface area contributed by atoms with Gasteiger partial charge in [-0.2, -0.15) is 0 Å². The highest BCUT2D eigenvalue weighted by atomic mass is 35.5. The zero-order valence-electron chi connectivity index (χ0n) is 10.5. The quantitative estimate of drug-likeness (QED) is 0.873. The number of benzene rings is 1. The Kier molecular flexibility index (Phi) is 5.57. The summed E-state index contributed by atoms with van der Waals surface area (Å²) >= 11 is 12.2. The molecule has 0 aliphatic heterocycles. The molecule has 4 heteroatoms. The van der Waals surface area contributed by atoms with Gasteiger partial charge in [-0.25, -0.2) is 0 Å². The maximum absolute atomic E-state index is 6.11. The van der Waals surface area contributed by atoms with Crippen LogP contribution in [0.5, 0.6) is 5.75 Å². The molecule has 0 saturated carbocycles. The first kappa shape index (κ1) is 14.6. The highest BCUT2D eigenvalue weighted by Gasteiger charge is 2.13. The van der Waals surface area contributed by atoms with Crippen molar-refractivity contribution in [3.05, 3.63) is 27.7 Å². The lowest BCUT2D eigenvalue weighted by atomic mass is 9.94. The van der Waals surface area contributed by atoms with Gasteiger partial charge in [0.2, 0.25) is 0 Å². The number of rotatable bonds is 5. The topological polar surface area (TPSA) is 35.2 Å². The minimum atomic E-state index is 0.224. The monoisotopic (exact) mass is 275 g/mol. The molecule has 0 saturated heterocycles. The first-order valence-corrected chi connectivity index (χ1v) is 6.49. The van der Waals surface area contributed by atoms with E-state index in [-0.39, 0.29) is 6.04 Å². The normalized spacial score (nSPS) is 14.5. The molecule has 0 amide bonds. The van der Waals surface area contributed by atoms with E-state index < -0.39 is 0 Å². The fourth-order valence-electron chi connectivity index (χ4n) is 1.74. The average Bonchev–Trinajstić information content (AvgIpc) is 2.25. The molecular formula is C13H19Cl2NO. The number of nitrogens with two attached hydrogens (primary N) is 1. The summed E-state index contributed by atoms with van der Waals surface area (Å²) in [5.41, 5.74) is 6.88. The second-order valence-electron chi connectivity index (χ2n) is 4.47. The van der Waals surface area contributed by atoms with Crippen LogP contribution in [0.2, 0.25) is 10.0 Å². The van der Waals surface area contributed by atoms with Gasteiger partial charge in [-0.1, -0.05) is 30.1 Å². The Labute approximate surface area is 113 Å². The Morgan fingerprint density at radius 1 is 1.18 bits per heavy atom. The SMILES string of the molecule is COc1c(Cl)cc(C(C)CCC(C)N)cc1Cl. The molecule has 2 unspecified atom stereocenters. The van der Waals surface area contributed by atoms with Gasteiger partial charge in [0.1, 0.15) is 0 Å². The van der Waals surface area contributed by atoms with Gasteiger partial charge < -0.3 is 10.5 Å². The van der Waals surface area contributed by atoms with Gasteiger partial charge in [0, 0.05) is 6.04 Å². The molecule has 0 aliphatic carbocycles. The fraction of sp³-hybridized carbons (Fsp3) is 0.538. The smallest absolute Gasteiger partial charge is 0.156 e. The summed E-state index contributed by atoms with van der Waals surface area (Å²) in [5.74, 6) is 0.929. The van der Waals surface area contributed by atoms with Gasteiger partial charge in [0.05, 0.1) is 17.2 Å². The first-order chi connectivity index (χ1) is 7.95. The van der Waals surface area contributed by atoms with Crippen LogP contribution in [-0.4, -0.2) is 13.2 Å². The Bertz CT molecular complexity index is 357. The number of methoxy groups -OCH3 is 1. The summed E-state index contributed by atoms with van der Waals surface area (Å²) in [6.07, 6.45) is 2.01. The van der Waals surface area contributed by atoms with Crippen LogP contribution in [0, 0.1) is 0 Å². The van der Waals surface area contributed by atoms with Crippen LogP contribution in [-0.2, 0) is 0 Å². The van der Waals surface area contributed by atoms with Crippen molar-refractivity contribution < 1.29 is 4.74 Å². The summed E-state index contributed by atoms with van der Waals surface area (Å²) in [5, 5.41) is 1.12. The van der Waals surface area contributed by atoms with Crippen molar-refractivity contribution in [3.63, 3.8) is 0 Å². The lowest BCUT2D eigenvalue weighted by molar-refractivity contribution is 0.415. The fourth-order valence-corrected chi connectivity index (χ4v) is 2.40. The van der Waals surface area contributed by atoms with Crippen LogP contribution >= 0.6 is 23.2 Å². The van der Waals surface area contributed by atoms with E-state index in [2.05, 4.69) is 6.92 Å². The molecule has 0 bridgehead atoms. The van der Waals surface area contributed by atoms with Crippen LogP contribution in [0.25, 0.3) is 0 Å². The van der Waals surface area contributed by atoms with E-state index in [0.29, 0.717) is 21.7 Å². The van der Waals surface area contributed by atoms with Crippen molar-refractivity contribution in [3.8, 4) is 5.75 Å². The largest absolute Gasteiger partial charge is 0.494 e. The van der Waals surface area contributed by atoms with E-state index in [0.717, 1.165) is 18.4 Å². The number of hydrogen-bond acceptors (Lipinski definition) is 2. The summed E-state index contributed by atoms with van der Waals surface area (Å²) in [6, 6.07) is 4.05. The molecule has 1 aromatic carbocycles. The lowest BCUT2D eigenvalue weighted by Gasteiger charge is -2.15. The maximum Gasteiger partial charge on any atom is 0.156 e. The van der Waals surface area contributed by atoms with Crippen molar-refractivity contribution in [2.24, 2.45) is 5.73 Å². The molecule has 2 atom stereocenters. The van der Waals surface area contributed by atoms with Gasteiger partial charge in [0.25, 0.3) is 0 Å². The molecule has 1 rings (SSSR count). The molecule has 0 aromatic heterocycles. The van der Waals surface area contributed by atoms with E-state index >= 15 is 0 Å². The van der Waals surface area contributed by atoms with Crippen LogP contribution < -0.4 is 10.5 Å². The standard InChI is InChI=1S/C13H19Cl2NO/c1-8(4-5-9(2)16)10-6-11(14)13(17-3)12(15)7-10/h6-9H,4-5,16H2,1-3H3. The van der Waals surface area contributed by atoms with Crippen LogP contribution in [0.1, 0.15) is 38.2 Å². The van der Waals surface area contributed by atoms with Gasteiger partial charge >= 0.3 is 0 Å². The number of ether oxygens (including phenoxy) is 1. The minimum absolute atomic E-state index is 0.224. The van der Waals surface area contributed by atoms with Crippen LogP contribution in [0.15, 0.2) is 12.1 Å². The predicted molar refractivity (Wildman–Crippen MR) is 74.3 cm³/mol. The van der Waals surface area contributed by atoms with E-state index in [4.69, 9.17) is 33.7 Å². The number of hydrogen-bond donors (Lipinski definition) is 1. The molecule has 17 heavy (non-hydrogen) atoms. The maximum atomic E-state index is 6.11. The Hall–Kier alpha value is -0.440. The van der Waals surface area contributed by atoms with Crippen LogP contribution in [0.3, 0.4) is 0 Å². The third-order valence-electron chi connectivity index (χ3n) is 2.85. The molecule has 0 heterocycles. The molecule has 2 N–H and O–H groups in total. The summed E-state index contributed by atoms with van der Waals surface area (Å²) in [6.45, 7) is 4.16. The highest BCUT2D eigenvalue weighted by Crippen LogP contribution is 2.36. The minimum Gasteiger partial charge on any atom is -0.494 e. The van der Waals surface area contributed by atoms with E-state index in [1.54, 1.807) is 7.11 Å². The van der Waals surface area contributed by atoms with Crippen molar-refractivity contribution in [1.82, 2.24) is 0 Å². The summed E-state index contributed by atoms with van der Waals surface area (Å²) in [7, 11) is 1.56. The Morgan fingerprint density at radius 3 is 2.12 bits per heavy atom. The van der Waals surface area contributed by atoms with Crippen molar-refractivity contribution >= 4 is 23.2 Å².